The first-order valence-electron chi connectivity index (χ1n) is 7.11. The molecular formula is C14H20N4O3. The number of piperidine rings is 1. The predicted octanol–water partition coefficient (Wildman–Crippen LogP) is 1.24. The molecule has 2 heterocycles. The van der Waals surface area contributed by atoms with E-state index >= 15 is 0 Å². The molecule has 1 aromatic heterocycles. The molecule has 7 heteroatoms. The molecule has 1 amide bonds. The van der Waals surface area contributed by atoms with Crippen LogP contribution < -0.4 is 5.32 Å². The van der Waals surface area contributed by atoms with E-state index in [1.165, 1.54) is 12.4 Å². The van der Waals surface area contributed by atoms with Crippen LogP contribution >= 0.6 is 0 Å². The minimum absolute atomic E-state index is 0.0118. The second-order valence-corrected chi connectivity index (χ2v) is 5.26. The Balaban J connectivity index is 1.74. The summed E-state index contributed by atoms with van der Waals surface area (Å²) in [4.78, 5) is 31.6. The highest BCUT2D eigenvalue weighted by Crippen LogP contribution is 2.20. The molecule has 1 aromatic rings. The molecule has 1 aliphatic heterocycles. The first kappa shape index (κ1) is 15.2. The van der Waals surface area contributed by atoms with Gasteiger partial charge in [0.2, 0.25) is 5.91 Å². The summed E-state index contributed by atoms with van der Waals surface area (Å²) in [7, 11) is 0. The number of carbonyl (C=O) groups is 2. The summed E-state index contributed by atoms with van der Waals surface area (Å²) in [6.07, 6.45) is 4.27. The van der Waals surface area contributed by atoms with Crippen molar-refractivity contribution in [3.05, 3.63) is 18.1 Å². The third kappa shape index (κ3) is 4.40. The van der Waals surface area contributed by atoms with E-state index in [0.717, 1.165) is 38.9 Å². The Bertz CT molecular complexity index is 513. The van der Waals surface area contributed by atoms with Gasteiger partial charge in [-0.3, -0.25) is 4.79 Å². The van der Waals surface area contributed by atoms with Crippen molar-refractivity contribution in [2.45, 2.75) is 26.2 Å². The molecule has 0 radical (unpaired) electrons. The summed E-state index contributed by atoms with van der Waals surface area (Å²) in [6.45, 7) is 4.01. The number of anilines is 1. The fourth-order valence-corrected chi connectivity index (χ4v) is 2.51. The maximum atomic E-state index is 11.2. The fourth-order valence-electron chi connectivity index (χ4n) is 2.51. The summed E-state index contributed by atoms with van der Waals surface area (Å²) < 4.78 is 0. The summed E-state index contributed by atoms with van der Waals surface area (Å²) in [6, 6.07) is 1.43. The maximum Gasteiger partial charge on any atom is 0.354 e. The molecule has 0 aromatic carbocycles. The second kappa shape index (κ2) is 7.01. The highest BCUT2D eigenvalue weighted by Gasteiger charge is 2.20. The van der Waals surface area contributed by atoms with Crippen molar-refractivity contribution < 1.29 is 14.7 Å². The first-order valence-corrected chi connectivity index (χ1v) is 7.11. The molecule has 21 heavy (non-hydrogen) atoms. The van der Waals surface area contributed by atoms with Gasteiger partial charge in [0.15, 0.2) is 5.69 Å². The molecule has 2 N–H and O–H groups in total. The molecular weight excluding hydrogens is 272 g/mol. The lowest BCUT2D eigenvalue weighted by Gasteiger charge is -2.31. The predicted molar refractivity (Wildman–Crippen MR) is 77.1 cm³/mol. The van der Waals surface area contributed by atoms with Crippen LogP contribution in [0.2, 0.25) is 0 Å². The lowest BCUT2D eigenvalue weighted by Crippen LogP contribution is -2.37. The number of nitrogens with zero attached hydrogens (tertiary/aromatic N) is 3. The Morgan fingerprint density at radius 2 is 2.10 bits per heavy atom. The maximum absolute atomic E-state index is 11.2. The van der Waals surface area contributed by atoms with Crippen LogP contribution in [-0.4, -0.2) is 51.5 Å². The van der Waals surface area contributed by atoms with Crippen LogP contribution in [0.3, 0.4) is 0 Å². The van der Waals surface area contributed by atoms with Crippen LogP contribution in [0.15, 0.2) is 12.4 Å². The minimum Gasteiger partial charge on any atom is -0.477 e. The van der Waals surface area contributed by atoms with Gasteiger partial charge >= 0.3 is 5.97 Å². The average Bonchev–Trinajstić information content (AvgIpc) is 2.48. The zero-order valence-electron chi connectivity index (χ0n) is 12.1. The molecule has 0 unspecified atom stereocenters. The third-order valence-electron chi connectivity index (χ3n) is 3.80. The topological polar surface area (TPSA) is 95.4 Å². The van der Waals surface area contributed by atoms with E-state index in [1.54, 1.807) is 6.92 Å². The van der Waals surface area contributed by atoms with Crippen molar-refractivity contribution in [2.75, 3.05) is 25.0 Å². The van der Waals surface area contributed by atoms with E-state index in [1.807, 2.05) is 4.90 Å². The van der Waals surface area contributed by atoms with E-state index in [2.05, 4.69) is 15.3 Å². The van der Waals surface area contributed by atoms with Crippen LogP contribution in [0.1, 0.15) is 36.7 Å². The number of hydrogen-bond donors (Lipinski definition) is 2. The quantitative estimate of drug-likeness (QED) is 0.847. The van der Waals surface area contributed by atoms with E-state index in [4.69, 9.17) is 5.11 Å². The zero-order chi connectivity index (χ0) is 15.2. The van der Waals surface area contributed by atoms with Crippen LogP contribution in [0, 0.1) is 5.92 Å². The Morgan fingerprint density at radius 3 is 2.71 bits per heavy atom. The van der Waals surface area contributed by atoms with Gasteiger partial charge in [-0.15, -0.1) is 0 Å². The van der Waals surface area contributed by atoms with Crippen LogP contribution in [0.25, 0.3) is 0 Å². The molecule has 0 saturated carbocycles. The molecule has 0 bridgehead atoms. The lowest BCUT2D eigenvalue weighted by molar-refractivity contribution is -0.130. The zero-order valence-corrected chi connectivity index (χ0v) is 12.1. The number of nitrogens with one attached hydrogen (secondary N) is 1. The number of aromatic carboxylic acids is 1. The minimum atomic E-state index is -1.06. The molecule has 1 aliphatic rings. The number of likely N-dealkylation sites (tertiary alicyclic amines) is 1. The Kier molecular flexibility index (Phi) is 5.08. The van der Waals surface area contributed by atoms with Gasteiger partial charge in [-0.2, -0.15) is 0 Å². The summed E-state index contributed by atoms with van der Waals surface area (Å²) >= 11 is 0. The van der Waals surface area contributed by atoms with Crippen molar-refractivity contribution in [3.63, 3.8) is 0 Å². The number of amides is 1. The smallest absolute Gasteiger partial charge is 0.354 e. The Hall–Kier alpha value is -2.18. The monoisotopic (exact) mass is 292 g/mol. The van der Waals surface area contributed by atoms with Crippen molar-refractivity contribution in [1.29, 1.82) is 0 Å². The van der Waals surface area contributed by atoms with Crippen molar-refractivity contribution in [2.24, 2.45) is 5.92 Å². The molecule has 1 saturated heterocycles. The van der Waals surface area contributed by atoms with Gasteiger partial charge in [0, 0.05) is 32.6 Å². The number of carboxylic acids is 1. The molecule has 2 rings (SSSR count). The average molecular weight is 292 g/mol. The molecule has 0 atom stereocenters. The highest BCUT2D eigenvalue weighted by atomic mass is 16.4. The van der Waals surface area contributed by atoms with Gasteiger partial charge in [0.05, 0.1) is 0 Å². The van der Waals surface area contributed by atoms with E-state index in [0.29, 0.717) is 11.7 Å². The van der Waals surface area contributed by atoms with Gasteiger partial charge in [-0.1, -0.05) is 0 Å². The van der Waals surface area contributed by atoms with E-state index < -0.39 is 5.97 Å². The normalized spacial score (nSPS) is 15.8. The molecule has 114 valence electrons. The van der Waals surface area contributed by atoms with Crippen LogP contribution in [-0.2, 0) is 4.79 Å². The molecule has 0 spiro atoms. The number of aromatic nitrogens is 2. The van der Waals surface area contributed by atoms with Gasteiger partial charge in [-0.25, -0.2) is 14.8 Å². The summed E-state index contributed by atoms with van der Waals surface area (Å²) in [5.41, 5.74) is -0.0118. The van der Waals surface area contributed by atoms with Crippen molar-refractivity contribution in [3.8, 4) is 0 Å². The second-order valence-electron chi connectivity index (χ2n) is 5.26. The number of carbonyl (C=O) groups excluding carboxylic acids is 1. The highest BCUT2D eigenvalue weighted by molar-refractivity contribution is 5.85. The van der Waals surface area contributed by atoms with Gasteiger partial charge in [-0.05, 0) is 25.2 Å². The fraction of sp³-hybridized carbons (Fsp3) is 0.571. The van der Waals surface area contributed by atoms with Gasteiger partial charge < -0.3 is 15.3 Å². The number of carboxylic acid groups (broad SMARTS) is 1. The number of hydrogen-bond acceptors (Lipinski definition) is 5. The molecule has 7 nitrogen and oxygen atoms in total. The van der Waals surface area contributed by atoms with Crippen LogP contribution in [0.5, 0.6) is 0 Å². The standard InChI is InChI=1S/C14H20N4O3/c1-10(19)18-6-3-11(4-7-18)2-5-15-13-8-12(14(20)21)16-9-17-13/h8-9,11H,2-7H2,1H3,(H,20,21)(H,15,16,17). The lowest BCUT2D eigenvalue weighted by atomic mass is 9.93. The Morgan fingerprint density at radius 1 is 1.38 bits per heavy atom. The van der Waals surface area contributed by atoms with Crippen molar-refractivity contribution >= 4 is 17.7 Å². The Labute approximate surface area is 123 Å². The van der Waals surface area contributed by atoms with E-state index in [9.17, 15) is 9.59 Å². The van der Waals surface area contributed by atoms with Crippen molar-refractivity contribution in [1.82, 2.24) is 14.9 Å². The molecule has 1 fully saturated rings. The largest absolute Gasteiger partial charge is 0.477 e. The van der Waals surface area contributed by atoms with Gasteiger partial charge in [0.25, 0.3) is 0 Å². The SMILES string of the molecule is CC(=O)N1CCC(CCNc2cc(C(=O)O)ncn2)CC1. The first-order chi connectivity index (χ1) is 10.1. The third-order valence-corrected chi connectivity index (χ3v) is 3.80. The summed E-state index contributed by atoms with van der Waals surface area (Å²) in [5.74, 6) is 0.211. The van der Waals surface area contributed by atoms with E-state index in [-0.39, 0.29) is 11.6 Å². The number of rotatable bonds is 5. The van der Waals surface area contributed by atoms with Gasteiger partial charge in [0.1, 0.15) is 12.1 Å². The molecule has 0 aliphatic carbocycles. The summed E-state index contributed by atoms with van der Waals surface area (Å²) in [5, 5.41) is 12.0. The van der Waals surface area contributed by atoms with Crippen LogP contribution in [0.4, 0.5) is 5.82 Å².